The molecule has 1 aliphatic heterocycles. The maximum atomic E-state index is 6.37. The summed E-state index contributed by atoms with van der Waals surface area (Å²) in [6.45, 7) is 3.06. The Kier molecular flexibility index (Phi) is 3.69. The SMILES string of the molecule is C[C@H]1NCO[C@@]1(Cn1cncn1)c1ccc(Cl)cc1Cl. The van der Waals surface area contributed by atoms with Gasteiger partial charge in [0.25, 0.3) is 0 Å². The highest BCUT2D eigenvalue weighted by molar-refractivity contribution is 6.35. The van der Waals surface area contributed by atoms with Crippen molar-refractivity contribution in [2.75, 3.05) is 6.73 Å². The molecule has 106 valence electrons. The van der Waals surface area contributed by atoms with Crippen LogP contribution in [0.25, 0.3) is 0 Å². The van der Waals surface area contributed by atoms with Crippen LogP contribution in [0.2, 0.25) is 10.0 Å². The second-order valence-corrected chi connectivity index (χ2v) is 5.66. The monoisotopic (exact) mass is 312 g/mol. The van der Waals surface area contributed by atoms with E-state index in [0.29, 0.717) is 23.3 Å². The second kappa shape index (κ2) is 5.33. The molecule has 1 aliphatic rings. The van der Waals surface area contributed by atoms with Gasteiger partial charge in [-0.2, -0.15) is 5.10 Å². The molecule has 0 unspecified atom stereocenters. The van der Waals surface area contributed by atoms with Gasteiger partial charge in [0.1, 0.15) is 18.3 Å². The number of nitrogens with one attached hydrogen (secondary N) is 1. The first-order valence-electron chi connectivity index (χ1n) is 6.27. The number of hydrogen-bond donors (Lipinski definition) is 1. The lowest BCUT2D eigenvalue weighted by Gasteiger charge is -2.33. The van der Waals surface area contributed by atoms with Crippen molar-refractivity contribution in [2.45, 2.75) is 25.1 Å². The molecule has 20 heavy (non-hydrogen) atoms. The van der Waals surface area contributed by atoms with Crippen molar-refractivity contribution in [1.29, 1.82) is 0 Å². The quantitative estimate of drug-likeness (QED) is 0.946. The fourth-order valence-electron chi connectivity index (χ4n) is 2.55. The molecule has 0 amide bonds. The van der Waals surface area contributed by atoms with Gasteiger partial charge in [0.15, 0.2) is 0 Å². The van der Waals surface area contributed by atoms with Crippen molar-refractivity contribution in [3.63, 3.8) is 0 Å². The van der Waals surface area contributed by atoms with E-state index in [0.717, 1.165) is 5.56 Å². The van der Waals surface area contributed by atoms with Gasteiger partial charge < -0.3 is 4.74 Å². The maximum absolute atomic E-state index is 6.37. The van der Waals surface area contributed by atoms with E-state index >= 15 is 0 Å². The number of halogens is 2. The van der Waals surface area contributed by atoms with Crippen LogP contribution >= 0.6 is 23.2 Å². The summed E-state index contributed by atoms with van der Waals surface area (Å²) >= 11 is 12.3. The third-order valence-electron chi connectivity index (χ3n) is 3.67. The molecule has 1 aromatic carbocycles. The van der Waals surface area contributed by atoms with Crippen LogP contribution in [0.15, 0.2) is 30.9 Å². The molecule has 0 aliphatic carbocycles. The zero-order chi connectivity index (χ0) is 14.2. The average Bonchev–Trinajstić information content (AvgIpc) is 3.01. The Hall–Kier alpha value is -1.14. The van der Waals surface area contributed by atoms with Gasteiger partial charge in [-0.05, 0) is 19.1 Å². The number of rotatable bonds is 3. The summed E-state index contributed by atoms with van der Waals surface area (Å²) in [7, 11) is 0. The zero-order valence-corrected chi connectivity index (χ0v) is 12.4. The zero-order valence-electron chi connectivity index (χ0n) is 10.9. The molecule has 2 heterocycles. The van der Waals surface area contributed by atoms with E-state index in [1.54, 1.807) is 17.1 Å². The highest BCUT2D eigenvalue weighted by atomic mass is 35.5. The van der Waals surface area contributed by atoms with Crippen molar-refractivity contribution in [2.24, 2.45) is 0 Å². The average molecular weight is 313 g/mol. The summed E-state index contributed by atoms with van der Waals surface area (Å²) in [4.78, 5) is 3.97. The highest BCUT2D eigenvalue weighted by Gasteiger charge is 2.45. The summed E-state index contributed by atoms with van der Waals surface area (Å²) in [5.74, 6) is 0. The Balaban J connectivity index is 2.06. The number of ether oxygens (including phenoxy) is 1. The number of nitrogens with zero attached hydrogens (tertiary/aromatic N) is 3. The summed E-state index contributed by atoms with van der Waals surface area (Å²) in [5, 5.41) is 8.64. The van der Waals surface area contributed by atoms with Crippen LogP contribution in [0.3, 0.4) is 0 Å². The molecule has 3 rings (SSSR count). The lowest BCUT2D eigenvalue weighted by molar-refractivity contribution is -0.0239. The van der Waals surface area contributed by atoms with Crippen LogP contribution < -0.4 is 5.32 Å². The predicted molar refractivity (Wildman–Crippen MR) is 76.7 cm³/mol. The Bertz CT molecular complexity index is 604. The minimum atomic E-state index is -0.588. The van der Waals surface area contributed by atoms with Crippen molar-refractivity contribution in [3.8, 4) is 0 Å². The van der Waals surface area contributed by atoms with E-state index in [9.17, 15) is 0 Å². The highest BCUT2D eigenvalue weighted by Crippen LogP contribution is 2.39. The summed E-state index contributed by atoms with van der Waals surface area (Å²) < 4.78 is 7.75. The van der Waals surface area contributed by atoms with Gasteiger partial charge in [-0.3, -0.25) is 5.32 Å². The first kappa shape index (κ1) is 13.8. The first-order chi connectivity index (χ1) is 9.62. The fraction of sp³-hybridized carbons (Fsp3) is 0.385. The standard InChI is InChI=1S/C13H14Cl2N4O/c1-9-13(20-8-17-9,5-19-7-16-6-18-19)11-3-2-10(14)4-12(11)15/h2-4,6-7,9,17H,5,8H2,1H3/t9-,13-/m1/s1. The minimum absolute atomic E-state index is 0.0883. The van der Waals surface area contributed by atoms with E-state index in [1.807, 2.05) is 12.1 Å². The largest absolute Gasteiger partial charge is 0.351 e. The summed E-state index contributed by atoms with van der Waals surface area (Å²) in [5.41, 5.74) is 0.312. The molecule has 0 saturated carbocycles. The maximum Gasteiger partial charge on any atom is 0.137 e. The normalized spacial score (nSPS) is 26.1. The molecule has 1 saturated heterocycles. The Morgan fingerprint density at radius 3 is 2.95 bits per heavy atom. The number of aromatic nitrogens is 3. The van der Waals surface area contributed by atoms with E-state index in [2.05, 4.69) is 22.3 Å². The molecular formula is C13H14Cl2N4O. The Morgan fingerprint density at radius 2 is 2.35 bits per heavy atom. The molecular weight excluding hydrogens is 299 g/mol. The van der Waals surface area contributed by atoms with Crippen LogP contribution in [0, 0.1) is 0 Å². The fourth-order valence-corrected chi connectivity index (χ4v) is 3.12. The molecule has 5 nitrogen and oxygen atoms in total. The van der Waals surface area contributed by atoms with Gasteiger partial charge in [0.2, 0.25) is 0 Å². The number of hydrogen-bond acceptors (Lipinski definition) is 4. The third-order valence-corrected chi connectivity index (χ3v) is 4.22. The lowest BCUT2D eigenvalue weighted by atomic mass is 9.87. The molecule has 2 atom stereocenters. The van der Waals surface area contributed by atoms with Gasteiger partial charge >= 0.3 is 0 Å². The van der Waals surface area contributed by atoms with Crippen molar-refractivity contribution in [3.05, 3.63) is 46.5 Å². The first-order valence-corrected chi connectivity index (χ1v) is 7.03. The molecule has 0 bridgehead atoms. The molecule has 7 heteroatoms. The van der Waals surface area contributed by atoms with Crippen molar-refractivity contribution < 1.29 is 4.74 Å². The summed E-state index contributed by atoms with van der Waals surface area (Å²) in [6, 6.07) is 5.55. The molecule has 2 aromatic rings. The van der Waals surface area contributed by atoms with Crippen LogP contribution in [0.1, 0.15) is 12.5 Å². The summed E-state index contributed by atoms with van der Waals surface area (Å²) in [6.07, 6.45) is 3.17. The Morgan fingerprint density at radius 1 is 1.50 bits per heavy atom. The van der Waals surface area contributed by atoms with Crippen molar-refractivity contribution in [1.82, 2.24) is 20.1 Å². The third kappa shape index (κ3) is 2.31. The van der Waals surface area contributed by atoms with E-state index in [4.69, 9.17) is 27.9 Å². The van der Waals surface area contributed by atoms with Crippen LogP contribution in [-0.2, 0) is 16.9 Å². The lowest BCUT2D eigenvalue weighted by Crippen LogP contribution is -2.43. The van der Waals surface area contributed by atoms with Crippen LogP contribution in [0.5, 0.6) is 0 Å². The minimum Gasteiger partial charge on any atom is -0.351 e. The van der Waals surface area contributed by atoms with E-state index < -0.39 is 5.60 Å². The predicted octanol–water partition coefficient (Wildman–Crippen LogP) is 2.45. The molecule has 0 spiro atoms. The molecule has 1 N–H and O–H groups in total. The van der Waals surface area contributed by atoms with Crippen LogP contribution in [-0.4, -0.2) is 27.5 Å². The Labute approximate surface area is 126 Å². The van der Waals surface area contributed by atoms with Gasteiger partial charge in [0, 0.05) is 21.7 Å². The molecule has 1 aromatic heterocycles. The van der Waals surface area contributed by atoms with Gasteiger partial charge in [-0.15, -0.1) is 0 Å². The van der Waals surface area contributed by atoms with Gasteiger partial charge in [-0.1, -0.05) is 29.3 Å². The topological polar surface area (TPSA) is 52.0 Å². The van der Waals surface area contributed by atoms with Gasteiger partial charge in [-0.25, -0.2) is 9.67 Å². The second-order valence-electron chi connectivity index (χ2n) is 4.82. The van der Waals surface area contributed by atoms with Crippen LogP contribution in [0.4, 0.5) is 0 Å². The molecule has 1 fully saturated rings. The smallest absolute Gasteiger partial charge is 0.137 e. The van der Waals surface area contributed by atoms with Crippen molar-refractivity contribution >= 4 is 23.2 Å². The molecule has 0 radical (unpaired) electrons. The van der Waals surface area contributed by atoms with Gasteiger partial charge in [0.05, 0.1) is 13.3 Å². The number of benzene rings is 1. The van der Waals surface area contributed by atoms with E-state index in [1.165, 1.54) is 6.33 Å². The van der Waals surface area contributed by atoms with E-state index in [-0.39, 0.29) is 6.04 Å².